The van der Waals surface area contributed by atoms with Crippen LogP contribution in [0.1, 0.15) is 33.6 Å². The molecule has 2 aromatic heterocycles. The van der Waals surface area contributed by atoms with Crippen LogP contribution in [0.5, 0.6) is 0 Å². The standard InChI is InChI=1S/C17H21N5O4/c1-17(2,3)26-16(25)22(15(23)24)13-6-7-18-14(20-13)12-8-19-21(10-12)9-11-4-5-11/h6-8,10-11H,4-5,9H2,1-3H3,(H,23,24). The third kappa shape index (κ3) is 4.35. The summed E-state index contributed by atoms with van der Waals surface area (Å²) in [6.45, 7) is 5.82. The molecule has 0 aliphatic heterocycles. The number of carbonyl (C=O) groups excluding carboxylic acids is 1. The van der Waals surface area contributed by atoms with Gasteiger partial charge in [0.15, 0.2) is 11.6 Å². The predicted octanol–water partition coefficient (Wildman–Crippen LogP) is 3.17. The van der Waals surface area contributed by atoms with Gasteiger partial charge >= 0.3 is 12.2 Å². The van der Waals surface area contributed by atoms with Crippen molar-refractivity contribution in [2.24, 2.45) is 5.92 Å². The third-order valence-electron chi connectivity index (χ3n) is 3.67. The number of hydrogen-bond donors (Lipinski definition) is 1. The molecule has 0 aromatic carbocycles. The molecule has 1 N–H and O–H groups in total. The van der Waals surface area contributed by atoms with Gasteiger partial charge in [-0.1, -0.05) is 0 Å². The van der Waals surface area contributed by atoms with Crippen LogP contribution in [-0.4, -0.2) is 42.6 Å². The van der Waals surface area contributed by atoms with Crippen LogP contribution in [0, 0.1) is 5.92 Å². The topological polar surface area (TPSA) is 110 Å². The molecular formula is C17H21N5O4. The fourth-order valence-corrected chi connectivity index (χ4v) is 2.33. The molecule has 1 aliphatic carbocycles. The van der Waals surface area contributed by atoms with Gasteiger partial charge in [-0.15, -0.1) is 0 Å². The molecular weight excluding hydrogens is 338 g/mol. The van der Waals surface area contributed by atoms with E-state index in [0.717, 1.165) is 6.54 Å². The number of rotatable bonds is 4. The van der Waals surface area contributed by atoms with Gasteiger partial charge in [-0.25, -0.2) is 19.6 Å². The van der Waals surface area contributed by atoms with Gasteiger partial charge in [0.2, 0.25) is 0 Å². The van der Waals surface area contributed by atoms with Crippen molar-refractivity contribution in [3.63, 3.8) is 0 Å². The SMILES string of the molecule is CC(C)(C)OC(=O)N(C(=O)O)c1ccnc(-c2cnn(CC3CC3)c2)n1. The van der Waals surface area contributed by atoms with Crippen LogP contribution in [0.15, 0.2) is 24.7 Å². The molecule has 0 spiro atoms. The lowest BCUT2D eigenvalue weighted by molar-refractivity contribution is 0.0581. The molecule has 0 saturated heterocycles. The Kier molecular flexibility index (Phi) is 4.62. The normalized spacial score (nSPS) is 14.1. The molecule has 2 aromatic rings. The number of ether oxygens (including phenoxy) is 1. The van der Waals surface area contributed by atoms with Crippen molar-refractivity contribution in [3.8, 4) is 11.4 Å². The van der Waals surface area contributed by atoms with Crippen LogP contribution in [0.4, 0.5) is 15.4 Å². The molecule has 1 fully saturated rings. The molecule has 138 valence electrons. The minimum absolute atomic E-state index is 0.0771. The predicted molar refractivity (Wildman–Crippen MR) is 92.7 cm³/mol. The van der Waals surface area contributed by atoms with Gasteiger partial charge in [-0.3, -0.25) is 4.68 Å². The monoisotopic (exact) mass is 359 g/mol. The highest BCUT2D eigenvalue weighted by atomic mass is 16.6. The highest BCUT2D eigenvalue weighted by molar-refractivity contribution is 6.07. The molecule has 9 nitrogen and oxygen atoms in total. The molecule has 0 bridgehead atoms. The summed E-state index contributed by atoms with van der Waals surface area (Å²) < 4.78 is 6.97. The molecule has 0 atom stereocenters. The first-order chi connectivity index (χ1) is 12.2. The van der Waals surface area contributed by atoms with E-state index in [4.69, 9.17) is 4.74 Å². The Hall–Kier alpha value is -2.97. The smallest absolute Gasteiger partial charge is 0.425 e. The number of anilines is 1. The van der Waals surface area contributed by atoms with E-state index < -0.39 is 17.8 Å². The Balaban J connectivity index is 1.85. The van der Waals surface area contributed by atoms with Gasteiger partial charge in [-0.2, -0.15) is 10.00 Å². The molecule has 1 aliphatic rings. The second-order valence-corrected chi connectivity index (χ2v) is 7.23. The van der Waals surface area contributed by atoms with Crippen molar-refractivity contribution >= 4 is 18.0 Å². The van der Waals surface area contributed by atoms with Gasteiger partial charge in [0.1, 0.15) is 5.60 Å². The van der Waals surface area contributed by atoms with Crippen molar-refractivity contribution < 1.29 is 19.4 Å². The molecule has 2 heterocycles. The zero-order valence-corrected chi connectivity index (χ0v) is 14.9. The maximum Gasteiger partial charge on any atom is 0.425 e. The molecule has 3 rings (SSSR count). The van der Waals surface area contributed by atoms with Crippen molar-refractivity contribution in [3.05, 3.63) is 24.7 Å². The lowest BCUT2D eigenvalue weighted by atomic mass is 10.2. The van der Waals surface area contributed by atoms with Crippen LogP contribution in [0.25, 0.3) is 11.4 Å². The van der Waals surface area contributed by atoms with Crippen LogP contribution < -0.4 is 4.90 Å². The van der Waals surface area contributed by atoms with E-state index in [-0.39, 0.29) is 5.82 Å². The molecule has 0 unspecified atom stereocenters. The third-order valence-corrected chi connectivity index (χ3v) is 3.67. The average Bonchev–Trinajstić information content (AvgIpc) is 3.20. The number of aromatic nitrogens is 4. The van der Waals surface area contributed by atoms with Crippen molar-refractivity contribution in [2.75, 3.05) is 4.90 Å². The Labute approximate surface area is 150 Å². The fourth-order valence-electron chi connectivity index (χ4n) is 2.33. The maximum atomic E-state index is 12.2. The van der Waals surface area contributed by atoms with Crippen LogP contribution >= 0.6 is 0 Å². The summed E-state index contributed by atoms with van der Waals surface area (Å²) in [6, 6.07) is 1.34. The number of nitrogens with zero attached hydrogens (tertiary/aromatic N) is 5. The average molecular weight is 359 g/mol. The molecule has 0 radical (unpaired) electrons. The van der Waals surface area contributed by atoms with Crippen molar-refractivity contribution in [2.45, 2.75) is 45.8 Å². The van der Waals surface area contributed by atoms with Crippen LogP contribution in [0.3, 0.4) is 0 Å². The number of imide groups is 1. The van der Waals surface area contributed by atoms with Crippen LogP contribution in [-0.2, 0) is 11.3 Å². The van der Waals surface area contributed by atoms with Crippen molar-refractivity contribution in [1.82, 2.24) is 19.7 Å². The molecule has 26 heavy (non-hydrogen) atoms. The zero-order valence-electron chi connectivity index (χ0n) is 14.9. The number of carboxylic acid groups (broad SMARTS) is 1. The number of amides is 2. The summed E-state index contributed by atoms with van der Waals surface area (Å²) in [4.78, 5) is 32.6. The number of carbonyl (C=O) groups is 2. The summed E-state index contributed by atoms with van der Waals surface area (Å²) in [5, 5.41) is 13.7. The second-order valence-electron chi connectivity index (χ2n) is 7.23. The quantitative estimate of drug-likeness (QED) is 0.892. The highest BCUT2D eigenvalue weighted by Gasteiger charge is 2.30. The Morgan fingerprint density at radius 1 is 1.38 bits per heavy atom. The Morgan fingerprint density at radius 3 is 2.73 bits per heavy atom. The summed E-state index contributed by atoms with van der Waals surface area (Å²) in [5.41, 5.74) is -0.174. The first-order valence-corrected chi connectivity index (χ1v) is 8.35. The lowest BCUT2D eigenvalue weighted by Gasteiger charge is -2.23. The van der Waals surface area contributed by atoms with E-state index in [9.17, 15) is 14.7 Å². The molecule has 9 heteroatoms. The zero-order chi connectivity index (χ0) is 18.9. The lowest BCUT2D eigenvalue weighted by Crippen LogP contribution is -2.40. The van der Waals surface area contributed by atoms with Crippen LogP contribution in [0.2, 0.25) is 0 Å². The highest BCUT2D eigenvalue weighted by Crippen LogP contribution is 2.30. The molecule has 1 saturated carbocycles. The van der Waals surface area contributed by atoms with Gasteiger partial charge in [0.05, 0.1) is 11.8 Å². The van der Waals surface area contributed by atoms with Crippen molar-refractivity contribution in [1.29, 1.82) is 0 Å². The van der Waals surface area contributed by atoms with E-state index in [1.54, 1.807) is 27.0 Å². The first-order valence-electron chi connectivity index (χ1n) is 8.35. The Morgan fingerprint density at radius 2 is 2.12 bits per heavy atom. The number of hydrogen-bond acceptors (Lipinski definition) is 6. The molecule has 2 amide bonds. The second kappa shape index (κ2) is 6.74. The fraction of sp³-hybridized carbons (Fsp3) is 0.471. The van der Waals surface area contributed by atoms with Gasteiger partial charge in [0.25, 0.3) is 0 Å². The van der Waals surface area contributed by atoms with Gasteiger partial charge < -0.3 is 9.84 Å². The first kappa shape index (κ1) is 17.8. The van der Waals surface area contributed by atoms with Gasteiger partial charge in [0, 0.05) is 25.0 Å². The summed E-state index contributed by atoms with van der Waals surface area (Å²) in [6.07, 6.45) is 4.77. The maximum absolute atomic E-state index is 12.2. The van der Waals surface area contributed by atoms with E-state index in [0.29, 0.717) is 22.2 Å². The summed E-state index contributed by atoms with van der Waals surface area (Å²) in [5.74, 6) is 0.885. The van der Waals surface area contributed by atoms with E-state index in [1.807, 2.05) is 10.9 Å². The van der Waals surface area contributed by atoms with E-state index >= 15 is 0 Å². The summed E-state index contributed by atoms with van der Waals surface area (Å²) in [7, 11) is 0. The van der Waals surface area contributed by atoms with E-state index in [2.05, 4.69) is 15.1 Å². The largest absolute Gasteiger partial charge is 0.464 e. The summed E-state index contributed by atoms with van der Waals surface area (Å²) >= 11 is 0. The van der Waals surface area contributed by atoms with Gasteiger partial charge in [-0.05, 0) is 39.5 Å². The Bertz CT molecular complexity index is 823. The van der Waals surface area contributed by atoms with E-state index in [1.165, 1.54) is 25.1 Å². The minimum Gasteiger partial charge on any atom is -0.464 e. The minimum atomic E-state index is -1.48.